The first kappa shape index (κ1) is 17.3. The number of rotatable bonds is 6. The molecule has 5 N–H and O–H groups in total. The van der Waals surface area contributed by atoms with Crippen molar-refractivity contribution in [3.63, 3.8) is 0 Å². The average Bonchev–Trinajstić information content (AvgIpc) is 2.62. The van der Waals surface area contributed by atoms with Gasteiger partial charge in [-0.1, -0.05) is 6.92 Å². The Balaban J connectivity index is 2.82. The molecule has 1 atom stereocenters. The van der Waals surface area contributed by atoms with E-state index in [1.54, 1.807) is 0 Å². The maximum atomic E-state index is 11.2. The molecule has 1 unspecified atom stereocenters. The fourth-order valence-corrected chi connectivity index (χ4v) is 4.74. The van der Waals surface area contributed by atoms with Gasteiger partial charge in [-0.15, -0.1) is 0 Å². The molecule has 0 aromatic heterocycles. The van der Waals surface area contributed by atoms with Gasteiger partial charge in [-0.25, -0.2) is 0 Å². The number of aliphatic hydroxyl groups is 1. The summed E-state index contributed by atoms with van der Waals surface area (Å²) in [5.41, 5.74) is 0. The molecule has 19 heavy (non-hydrogen) atoms. The van der Waals surface area contributed by atoms with Gasteiger partial charge in [0.05, 0.1) is 0 Å². The van der Waals surface area contributed by atoms with Crippen molar-refractivity contribution in [1.29, 1.82) is 0 Å². The molecule has 0 spiro atoms. The maximum Gasteiger partial charge on any atom is 0.369 e. The molecule has 0 amide bonds. The van der Waals surface area contributed by atoms with Crippen LogP contribution in [0.1, 0.15) is 26.2 Å². The van der Waals surface area contributed by atoms with Crippen molar-refractivity contribution >= 4 is 15.2 Å². The molecule has 0 bridgehead atoms. The Kier molecular flexibility index (Phi) is 5.38. The molecule has 1 saturated heterocycles. The first-order valence-electron chi connectivity index (χ1n) is 6.07. The van der Waals surface area contributed by atoms with Crippen molar-refractivity contribution < 1.29 is 33.8 Å². The predicted octanol–water partition coefficient (Wildman–Crippen LogP) is 0.110. The second-order valence-corrected chi connectivity index (χ2v) is 9.03. The molecule has 0 radical (unpaired) electrons. The van der Waals surface area contributed by atoms with Gasteiger partial charge in [-0.2, -0.15) is 0 Å². The van der Waals surface area contributed by atoms with Gasteiger partial charge in [0.2, 0.25) is 0 Å². The number of hydrogen-bond donors (Lipinski definition) is 5. The molecule has 0 aliphatic carbocycles. The molecule has 114 valence electrons. The van der Waals surface area contributed by atoms with Crippen LogP contribution in [0.15, 0.2) is 0 Å². The smallest absolute Gasteiger partial charge is 0.368 e. The average molecular weight is 317 g/mol. The summed E-state index contributed by atoms with van der Waals surface area (Å²) in [6, 6.07) is 0. The van der Waals surface area contributed by atoms with Crippen molar-refractivity contribution in [2.24, 2.45) is 5.92 Å². The van der Waals surface area contributed by atoms with Crippen LogP contribution in [0.25, 0.3) is 0 Å². The molecular weight excluding hydrogens is 296 g/mol. The lowest BCUT2D eigenvalue weighted by Gasteiger charge is -2.31. The van der Waals surface area contributed by atoms with E-state index in [1.165, 1.54) is 0 Å². The Morgan fingerprint density at radius 3 is 2.16 bits per heavy atom. The predicted molar refractivity (Wildman–Crippen MR) is 68.5 cm³/mol. The summed E-state index contributed by atoms with van der Waals surface area (Å²) < 4.78 is 22.5. The summed E-state index contributed by atoms with van der Waals surface area (Å²) >= 11 is 0. The van der Waals surface area contributed by atoms with Crippen LogP contribution in [0.4, 0.5) is 0 Å². The minimum atomic E-state index is -5.32. The number of nitrogens with zero attached hydrogens (tertiary/aromatic N) is 1. The van der Waals surface area contributed by atoms with Crippen LogP contribution in [-0.4, -0.2) is 54.3 Å². The molecule has 1 aliphatic rings. The molecule has 1 fully saturated rings. The lowest BCUT2D eigenvalue weighted by atomic mass is 10.1. The summed E-state index contributed by atoms with van der Waals surface area (Å²) in [7, 11) is -10.6. The van der Waals surface area contributed by atoms with E-state index in [-0.39, 0.29) is 5.92 Å². The first-order valence-corrected chi connectivity index (χ1v) is 9.29. The van der Waals surface area contributed by atoms with Gasteiger partial charge < -0.3 is 29.6 Å². The van der Waals surface area contributed by atoms with E-state index in [0.29, 0.717) is 19.5 Å². The SMILES string of the molecule is CCCN1CCC(CC(O)(P(=O)(O)O)P(=O)(O)O)C1. The minimum absolute atomic E-state index is 0.336. The highest BCUT2D eigenvalue weighted by molar-refractivity contribution is 7.72. The molecule has 1 rings (SSSR count). The van der Waals surface area contributed by atoms with Crippen LogP contribution in [0, 0.1) is 5.92 Å². The van der Waals surface area contributed by atoms with Gasteiger partial charge in [-0.3, -0.25) is 9.13 Å². The second-order valence-electron chi connectivity index (χ2n) is 5.02. The van der Waals surface area contributed by atoms with Crippen LogP contribution >= 0.6 is 15.2 Å². The Hall–Kier alpha value is 0.220. The standard InChI is InChI=1S/C9H21NO7P2/c1-2-4-10-5-3-8(7-10)6-9(11,18(12,13)14)19(15,16)17/h8,11H,2-7H2,1H3,(H2,12,13,14)(H2,15,16,17). The lowest BCUT2D eigenvalue weighted by molar-refractivity contribution is 0.107. The zero-order valence-corrected chi connectivity index (χ0v) is 12.5. The topological polar surface area (TPSA) is 139 Å². The van der Waals surface area contributed by atoms with Crippen molar-refractivity contribution in [3.05, 3.63) is 0 Å². The Morgan fingerprint density at radius 1 is 1.21 bits per heavy atom. The van der Waals surface area contributed by atoms with Gasteiger partial charge in [0.25, 0.3) is 5.08 Å². The maximum absolute atomic E-state index is 11.2. The van der Waals surface area contributed by atoms with Gasteiger partial charge in [0.15, 0.2) is 0 Å². The molecule has 0 aromatic rings. The van der Waals surface area contributed by atoms with Crippen molar-refractivity contribution in [1.82, 2.24) is 4.90 Å². The zero-order chi connectivity index (χ0) is 14.9. The Labute approximate surface area is 111 Å². The van der Waals surface area contributed by atoms with Gasteiger partial charge in [0.1, 0.15) is 0 Å². The highest BCUT2D eigenvalue weighted by atomic mass is 31.2. The van der Waals surface area contributed by atoms with Gasteiger partial charge in [-0.05, 0) is 31.8 Å². The fraction of sp³-hybridized carbons (Fsp3) is 1.00. The van der Waals surface area contributed by atoms with Crippen LogP contribution < -0.4 is 0 Å². The minimum Gasteiger partial charge on any atom is -0.368 e. The first-order chi connectivity index (χ1) is 8.51. The van der Waals surface area contributed by atoms with Crippen molar-refractivity contribution in [3.8, 4) is 0 Å². The third-order valence-corrected chi connectivity index (χ3v) is 7.20. The molecule has 10 heteroatoms. The summed E-state index contributed by atoms with van der Waals surface area (Å²) in [6.45, 7) is 4.00. The van der Waals surface area contributed by atoms with Crippen LogP contribution in [0.5, 0.6) is 0 Å². The fourth-order valence-electron chi connectivity index (χ4n) is 2.39. The monoisotopic (exact) mass is 317 g/mol. The molecule has 1 aliphatic heterocycles. The third-order valence-electron chi connectivity index (χ3n) is 3.41. The quantitative estimate of drug-likeness (QED) is 0.435. The molecule has 8 nitrogen and oxygen atoms in total. The summed E-state index contributed by atoms with van der Waals surface area (Å²) in [5.74, 6) is -0.336. The molecular formula is C9H21NO7P2. The van der Waals surface area contributed by atoms with Crippen molar-refractivity contribution in [2.75, 3.05) is 19.6 Å². The van der Waals surface area contributed by atoms with E-state index in [0.717, 1.165) is 13.0 Å². The van der Waals surface area contributed by atoms with E-state index in [2.05, 4.69) is 0 Å². The van der Waals surface area contributed by atoms with Gasteiger partial charge >= 0.3 is 15.2 Å². The third kappa shape index (κ3) is 3.86. The van der Waals surface area contributed by atoms with E-state index < -0.39 is 26.7 Å². The van der Waals surface area contributed by atoms with E-state index in [9.17, 15) is 14.2 Å². The Bertz CT molecular complexity index is 381. The van der Waals surface area contributed by atoms with E-state index in [4.69, 9.17) is 19.6 Å². The molecule has 0 aromatic carbocycles. The molecule has 1 heterocycles. The second kappa shape index (κ2) is 5.92. The zero-order valence-electron chi connectivity index (χ0n) is 10.7. The highest BCUT2D eigenvalue weighted by Crippen LogP contribution is 2.69. The number of likely N-dealkylation sites (tertiary alicyclic amines) is 1. The Morgan fingerprint density at radius 2 is 1.74 bits per heavy atom. The molecule has 0 saturated carbocycles. The van der Waals surface area contributed by atoms with Crippen LogP contribution in [-0.2, 0) is 9.13 Å². The van der Waals surface area contributed by atoms with E-state index >= 15 is 0 Å². The van der Waals surface area contributed by atoms with Crippen LogP contribution in [0.3, 0.4) is 0 Å². The summed E-state index contributed by atoms with van der Waals surface area (Å²) in [5, 5.41) is 6.55. The largest absolute Gasteiger partial charge is 0.369 e. The van der Waals surface area contributed by atoms with Crippen molar-refractivity contribution in [2.45, 2.75) is 31.3 Å². The summed E-state index contributed by atoms with van der Waals surface area (Å²) in [4.78, 5) is 38.3. The highest BCUT2D eigenvalue weighted by Gasteiger charge is 2.60. The lowest BCUT2D eigenvalue weighted by Crippen LogP contribution is -2.32. The summed E-state index contributed by atoms with van der Waals surface area (Å²) in [6.07, 6.45) is 0.887. The van der Waals surface area contributed by atoms with Gasteiger partial charge in [0, 0.05) is 13.0 Å². The normalized spacial score (nSPS) is 22.9. The van der Waals surface area contributed by atoms with Crippen LogP contribution in [0.2, 0.25) is 0 Å². The van der Waals surface area contributed by atoms with E-state index in [1.807, 2.05) is 11.8 Å². The number of hydrogen-bond acceptors (Lipinski definition) is 4.